The van der Waals surface area contributed by atoms with Crippen molar-refractivity contribution in [3.63, 3.8) is 0 Å². The Morgan fingerprint density at radius 3 is 2.50 bits per heavy atom. The minimum atomic E-state index is 0. The third-order valence-corrected chi connectivity index (χ3v) is 0.679. The summed E-state index contributed by atoms with van der Waals surface area (Å²) in [7, 11) is 0. The molecule has 0 saturated carbocycles. The van der Waals surface area contributed by atoms with Gasteiger partial charge in [0.25, 0.3) is 0 Å². The summed E-state index contributed by atoms with van der Waals surface area (Å²) in [6, 6.07) is 0. The molecule has 0 aromatic carbocycles. The Labute approximate surface area is 103 Å². The maximum Gasteiger partial charge on any atom is 1.00 e. The largest absolute Gasteiger partial charge is 1.00 e. The number of hydrogen-bond donors (Lipinski definition) is 1. The summed E-state index contributed by atoms with van der Waals surface area (Å²) in [5.41, 5.74) is 0. The van der Waals surface area contributed by atoms with Crippen molar-refractivity contribution in [1.29, 1.82) is 0 Å². The van der Waals surface area contributed by atoms with Crippen LogP contribution in [0.5, 0.6) is 0 Å². The fourth-order valence-corrected chi connectivity index (χ4v) is 0.322. The monoisotopic (exact) mass is 171 g/mol. The van der Waals surface area contributed by atoms with Gasteiger partial charge in [-0.2, -0.15) is 0 Å². The van der Waals surface area contributed by atoms with Gasteiger partial charge in [0.15, 0.2) is 0 Å². The number of rotatable bonds is 2. The Kier molecular flexibility index (Phi) is 12.9. The molecule has 0 unspecified atom stereocenters. The van der Waals surface area contributed by atoms with E-state index in [4.69, 9.17) is 0 Å². The van der Waals surface area contributed by atoms with Crippen LogP contribution in [0.15, 0.2) is 12.7 Å². The molecule has 0 spiro atoms. The van der Waals surface area contributed by atoms with E-state index in [-0.39, 0.29) is 51.4 Å². The van der Waals surface area contributed by atoms with Gasteiger partial charge in [0.05, 0.1) is 0 Å². The predicted octanol–water partition coefficient (Wildman–Crippen LogP) is -2.40. The molecule has 0 heterocycles. The van der Waals surface area contributed by atoms with Crippen LogP contribution in [0.3, 0.4) is 0 Å². The average Bonchev–Trinajstić information content (AvgIpc) is 1.61. The maximum atomic E-state index is 4.52. The zero-order valence-corrected chi connectivity index (χ0v) is 9.56. The molecule has 1 nitrogen and oxygen atoms in total. The summed E-state index contributed by atoms with van der Waals surface area (Å²) in [5.74, 6) is 0. The van der Waals surface area contributed by atoms with Crippen molar-refractivity contribution in [2.75, 3.05) is 6.54 Å². The van der Waals surface area contributed by atoms with E-state index in [9.17, 15) is 0 Å². The first-order valence-corrected chi connectivity index (χ1v) is 2.64. The van der Waals surface area contributed by atoms with Crippen LogP contribution >= 0.6 is 12.2 Å². The minimum absolute atomic E-state index is 0. The van der Waals surface area contributed by atoms with Crippen LogP contribution in [0.25, 0.3) is 0 Å². The molecule has 0 amide bonds. The molecule has 1 N–H and O–H groups in total. The maximum absolute atomic E-state index is 4.52. The Hall–Kier alpha value is 1.49. The van der Waals surface area contributed by atoms with Crippen LogP contribution in [-0.4, -0.2) is 10.9 Å². The first-order chi connectivity index (χ1) is 3.27. The van der Waals surface area contributed by atoms with E-state index in [1.165, 1.54) is 0 Å². The Bertz CT molecular complexity index is 84.1. The summed E-state index contributed by atoms with van der Waals surface area (Å²) in [4.78, 5) is 0. The summed E-state index contributed by atoms with van der Waals surface area (Å²) < 4.78 is 0.403. The SMILES string of the molecule is C=CCNC(=S)[S-].[K+]. The number of thiocarbonyl (C=S) groups is 1. The number of nitrogens with one attached hydrogen (secondary N) is 1. The van der Waals surface area contributed by atoms with E-state index >= 15 is 0 Å². The normalized spacial score (nSPS) is 6.50. The van der Waals surface area contributed by atoms with Crippen LogP contribution in [0.2, 0.25) is 0 Å². The van der Waals surface area contributed by atoms with Gasteiger partial charge in [0.2, 0.25) is 0 Å². The van der Waals surface area contributed by atoms with Crippen LogP contribution in [0, 0.1) is 0 Å². The molecular weight excluding hydrogens is 165 g/mol. The second-order valence-electron chi connectivity index (χ2n) is 0.957. The second-order valence-corrected chi connectivity index (χ2v) is 2.03. The van der Waals surface area contributed by atoms with Gasteiger partial charge in [0.1, 0.15) is 0 Å². The van der Waals surface area contributed by atoms with Crippen molar-refractivity contribution in [3.05, 3.63) is 12.7 Å². The van der Waals surface area contributed by atoms with Gasteiger partial charge in [-0.15, -0.1) is 6.58 Å². The van der Waals surface area contributed by atoms with Crippen LogP contribution in [0.1, 0.15) is 0 Å². The Balaban J connectivity index is 0. The molecule has 0 aromatic heterocycles. The van der Waals surface area contributed by atoms with Crippen molar-refractivity contribution in [1.82, 2.24) is 5.32 Å². The quantitative estimate of drug-likeness (QED) is 0.215. The molecule has 0 bridgehead atoms. The third-order valence-electron chi connectivity index (χ3n) is 0.391. The topological polar surface area (TPSA) is 12.0 Å². The van der Waals surface area contributed by atoms with Gasteiger partial charge in [-0.25, -0.2) is 0 Å². The predicted molar refractivity (Wildman–Crippen MR) is 38.2 cm³/mol. The van der Waals surface area contributed by atoms with Crippen molar-refractivity contribution in [3.8, 4) is 0 Å². The van der Waals surface area contributed by atoms with Crippen LogP contribution in [0.4, 0.5) is 0 Å². The van der Waals surface area contributed by atoms with Gasteiger partial charge in [0, 0.05) is 6.54 Å². The fourth-order valence-electron chi connectivity index (χ4n) is 0.156. The number of hydrogen-bond acceptors (Lipinski definition) is 2. The molecule has 0 rings (SSSR count). The van der Waals surface area contributed by atoms with Crippen molar-refractivity contribution in [2.24, 2.45) is 0 Å². The van der Waals surface area contributed by atoms with E-state index in [1.54, 1.807) is 6.08 Å². The van der Waals surface area contributed by atoms with E-state index < -0.39 is 0 Å². The van der Waals surface area contributed by atoms with Crippen molar-refractivity contribution < 1.29 is 51.4 Å². The molecule has 0 aromatic rings. The molecule has 0 fully saturated rings. The van der Waals surface area contributed by atoms with Gasteiger partial charge < -0.3 is 30.2 Å². The Morgan fingerprint density at radius 2 is 2.38 bits per heavy atom. The van der Waals surface area contributed by atoms with E-state index in [0.717, 1.165) is 0 Å². The van der Waals surface area contributed by atoms with Crippen molar-refractivity contribution >= 4 is 29.2 Å². The summed E-state index contributed by atoms with van der Waals surface area (Å²) in [6.07, 6.45) is 1.71. The standard InChI is InChI=1S/C4H7NS2.K/c1-2-3-5-4(6)7;/h2H,1,3H2,(H2,5,6,7);/q;+1/p-1. The molecule has 0 aliphatic carbocycles. The van der Waals surface area contributed by atoms with Gasteiger partial charge in [-0.05, 0) is 0 Å². The summed E-state index contributed by atoms with van der Waals surface area (Å²) in [5, 5.41) is 2.72. The first-order valence-electron chi connectivity index (χ1n) is 1.83. The first kappa shape index (κ1) is 12.2. The Morgan fingerprint density at radius 1 is 1.88 bits per heavy atom. The minimum Gasteiger partial charge on any atom is -0.412 e. The van der Waals surface area contributed by atoms with Crippen LogP contribution < -0.4 is 56.7 Å². The second kappa shape index (κ2) is 8.49. The van der Waals surface area contributed by atoms with E-state index in [0.29, 0.717) is 10.9 Å². The fraction of sp³-hybridized carbons (Fsp3) is 0.250. The molecular formula is C4H6KNS2. The van der Waals surface area contributed by atoms with Crippen LogP contribution in [-0.2, 0) is 12.6 Å². The molecule has 0 aliphatic rings. The zero-order chi connectivity index (χ0) is 5.70. The van der Waals surface area contributed by atoms with Gasteiger partial charge >= 0.3 is 51.4 Å². The molecule has 8 heavy (non-hydrogen) atoms. The summed E-state index contributed by atoms with van der Waals surface area (Å²) in [6.45, 7) is 4.13. The van der Waals surface area contributed by atoms with Crippen molar-refractivity contribution in [2.45, 2.75) is 0 Å². The van der Waals surface area contributed by atoms with E-state index in [2.05, 4.69) is 36.7 Å². The summed E-state index contributed by atoms with van der Waals surface area (Å²) >= 11 is 9.03. The zero-order valence-electron chi connectivity index (χ0n) is 4.81. The smallest absolute Gasteiger partial charge is 0.412 e. The van der Waals surface area contributed by atoms with Gasteiger partial charge in [-0.3, -0.25) is 0 Å². The molecule has 40 valence electrons. The average molecular weight is 171 g/mol. The molecule has 0 saturated heterocycles. The molecule has 4 heteroatoms. The van der Waals surface area contributed by atoms with E-state index in [1.807, 2.05) is 0 Å². The molecule has 0 radical (unpaired) electrons. The third kappa shape index (κ3) is 10.5. The molecule has 0 aliphatic heterocycles. The molecule has 0 atom stereocenters. The van der Waals surface area contributed by atoms with Gasteiger partial charge in [-0.1, -0.05) is 10.4 Å².